The molecule has 2 heterocycles. The van der Waals surface area contributed by atoms with Crippen molar-refractivity contribution < 1.29 is 9.53 Å². The highest BCUT2D eigenvalue weighted by atomic mass is 16.5. The van der Waals surface area contributed by atoms with Crippen LogP contribution in [0, 0.1) is 5.92 Å². The van der Waals surface area contributed by atoms with Crippen LogP contribution in [0.25, 0.3) is 0 Å². The molecule has 2 amide bonds. The second kappa shape index (κ2) is 6.38. The van der Waals surface area contributed by atoms with E-state index < -0.39 is 0 Å². The molecule has 0 bridgehead atoms. The number of nitrogens with one attached hydrogen (secondary N) is 1. The highest BCUT2D eigenvalue weighted by Gasteiger charge is 2.25. The average Bonchev–Trinajstić information content (AvgIpc) is 2.86. The van der Waals surface area contributed by atoms with Crippen LogP contribution in [0.2, 0.25) is 0 Å². The quantitative estimate of drug-likeness (QED) is 0.810. The number of likely N-dealkylation sites (tertiary alicyclic amines) is 1. The van der Waals surface area contributed by atoms with Gasteiger partial charge in [-0.2, -0.15) is 0 Å². The van der Waals surface area contributed by atoms with Gasteiger partial charge in [0.15, 0.2) is 0 Å². The Kier molecular flexibility index (Phi) is 4.83. The zero-order valence-electron chi connectivity index (χ0n) is 11.5. The molecule has 0 radical (unpaired) electrons. The summed E-state index contributed by atoms with van der Waals surface area (Å²) < 4.78 is 5.24. The van der Waals surface area contributed by atoms with Crippen molar-refractivity contribution in [1.29, 1.82) is 0 Å². The lowest BCUT2D eigenvalue weighted by Gasteiger charge is -2.27. The van der Waals surface area contributed by atoms with E-state index in [-0.39, 0.29) is 6.03 Å². The second-order valence-corrected chi connectivity index (χ2v) is 5.53. The molecule has 5 nitrogen and oxygen atoms in total. The van der Waals surface area contributed by atoms with Crippen molar-refractivity contribution in [2.75, 3.05) is 45.9 Å². The fourth-order valence-corrected chi connectivity index (χ4v) is 2.61. The minimum Gasteiger partial charge on any atom is -0.378 e. The predicted octanol–water partition coefficient (Wildman–Crippen LogP) is 0.759. The van der Waals surface area contributed by atoms with Crippen LogP contribution >= 0.6 is 0 Å². The van der Waals surface area contributed by atoms with Gasteiger partial charge in [0.25, 0.3) is 0 Å². The maximum Gasteiger partial charge on any atom is 0.317 e. The summed E-state index contributed by atoms with van der Waals surface area (Å²) in [6.45, 7) is 10.3. The predicted molar refractivity (Wildman–Crippen MR) is 70.6 cm³/mol. The van der Waals surface area contributed by atoms with E-state index in [0.717, 1.165) is 19.6 Å². The first-order chi connectivity index (χ1) is 8.66. The first-order valence-electron chi connectivity index (χ1n) is 7.01. The lowest BCUT2D eigenvalue weighted by molar-refractivity contribution is 0.0530. The summed E-state index contributed by atoms with van der Waals surface area (Å²) in [5, 5.41) is 3.06. The standard InChI is InChI=1S/C13H25N3O2/c1-11(2)16-4-3-12(10-16)9-14-13(17)15-5-7-18-8-6-15/h11-12H,3-10H2,1-2H3,(H,14,17). The van der Waals surface area contributed by atoms with E-state index >= 15 is 0 Å². The zero-order valence-corrected chi connectivity index (χ0v) is 11.5. The third kappa shape index (κ3) is 3.59. The van der Waals surface area contributed by atoms with Crippen LogP contribution in [0.15, 0.2) is 0 Å². The van der Waals surface area contributed by atoms with Crippen molar-refractivity contribution in [3.8, 4) is 0 Å². The fraction of sp³-hybridized carbons (Fsp3) is 0.923. The second-order valence-electron chi connectivity index (χ2n) is 5.53. The Morgan fingerprint density at radius 3 is 2.67 bits per heavy atom. The molecule has 2 fully saturated rings. The summed E-state index contributed by atoms with van der Waals surface area (Å²) in [5.41, 5.74) is 0. The third-order valence-corrected chi connectivity index (χ3v) is 3.89. The smallest absolute Gasteiger partial charge is 0.317 e. The van der Waals surface area contributed by atoms with Crippen molar-refractivity contribution in [2.24, 2.45) is 5.92 Å². The summed E-state index contributed by atoms with van der Waals surface area (Å²) in [7, 11) is 0. The van der Waals surface area contributed by atoms with Gasteiger partial charge in [0, 0.05) is 32.2 Å². The summed E-state index contributed by atoms with van der Waals surface area (Å²) in [6.07, 6.45) is 1.20. The monoisotopic (exact) mass is 255 g/mol. The van der Waals surface area contributed by atoms with Gasteiger partial charge in [-0.3, -0.25) is 0 Å². The van der Waals surface area contributed by atoms with E-state index in [4.69, 9.17) is 4.74 Å². The van der Waals surface area contributed by atoms with Gasteiger partial charge in [-0.05, 0) is 32.7 Å². The number of rotatable bonds is 3. The molecule has 1 atom stereocenters. The molecule has 2 saturated heterocycles. The lowest BCUT2D eigenvalue weighted by atomic mass is 10.1. The molecule has 1 unspecified atom stereocenters. The normalized spacial score (nSPS) is 25.7. The first kappa shape index (κ1) is 13.6. The molecule has 0 aromatic heterocycles. The minimum atomic E-state index is 0.0706. The molecule has 104 valence electrons. The number of nitrogens with zero attached hydrogens (tertiary/aromatic N) is 2. The van der Waals surface area contributed by atoms with Crippen LogP contribution in [-0.2, 0) is 4.74 Å². The van der Waals surface area contributed by atoms with Crippen LogP contribution in [-0.4, -0.2) is 67.8 Å². The lowest BCUT2D eigenvalue weighted by Crippen LogP contribution is -2.47. The molecular weight excluding hydrogens is 230 g/mol. The molecule has 2 aliphatic heterocycles. The molecular formula is C13H25N3O2. The number of ether oxygens (including phenoxy) is 1. The van der Waals surface area contributed by atoms with Crippen LogP contribution in [0.4, 0.5) is 4.79 Å². The summed E-state index contributed by atoms with van der Waals surface area (Å²) in [5.74, 6) is 0.609. The molecule has 0 aromatic rings. The SMILES string of the molecule is CC(C)N1CCC(CNC(=O)N2CCOCC2)C1. The van der Waals surface area contributed by atoms with Gasteiger partial charge >= 0.3 is 6.03 Å². The van der Waals surface area contributed by atoms with E-state index in [0.29, 0.717) is 38.3 Å². The van der Waals surface area contributed by atoms with Gasteiger partial charge in [-0.25, -0.2) is 4.79 Å². The first-order valence-corrected chi connectivity index (χ1v) is 7.01. The van der Waals surface area contributed by atoms with Crippen molar-refractivity contribution in [1.82, 2.24) is 15.1 Å². The van der Waals surface area contributed by atoms with Gasteiger partial charge in [0.2, 0.25) is 0 Å². The maximum absolute atomic E-state index is 11.9. The Hall–Kier alpha value is -0.810. The van der Waals surface area contributed by atoms with E-state index in [1.54, 1.807) is 0 Å². The van der Waals surface area contributed by atoms with Gasteiger partial charge < -0.3 is 19.9 Å². The Bertz CT molecular complexity index is 277. The minimum absolute atomic E-state index is 0.0706. The van der Waals surface area contributed by atoms with E-state index in [1.807, 2.05) is 4.90 Å². The molecule has 0 spiro atoms. The van der Waals surface area contributed by atoms with Gasteiger partial charge in [0.05, 0.1) is 13.2 Å². The van der Waals surface area contributed by atoms with Crippen LogP contribution < -0.4 is 5.32 Å². The Labute approximate surface area is 109 Å². The molecule has 2 aliphatic rings. The molecule has 18 heavy (non-hydrogen) atoms. The largest absolute Gasteiger partial charge is 0.378 e. The van der Waals surface area contributed by atoms with E-state index in [1.165, 1.54) is 6.42 Å². The number of morpholine rings is 1. The van der Waals surface area contributed by atoms with Gasteiger partial charge in [-0.15, -0.1) is 0 Å². The maximum atomic E-state index is 11.9. The summed E-state index contributed by atoms with van der Waals surface area (Å²) >= 11 is 0. The van der Waals surface area contributed by atoms with E-state index in [9.17, 15) is 4.79 Å². The van der Waals surface area contributed by atoms with Crippen LogP contribution in [0.1, 0.15) is 20.3 Å². The van der Waals surface area contributed by atoms with Gasteiger partial charge in [-0.1, -0.05) is 0 Å². The fourth-order valence-electron chi connectivity index (χ4n) is 2.61. The third-order valence-electron chi connectivity index (χ3n) is 3.89. The molecule has 1 N–H and O–H groups in total. The molecule has 0 saturated carbocycles. The highest BCUT2D eigenvalue weighted by Crippen LogP contribution is 2.17. The Morgan fingerprint density at radius 2 is 2.06 bits per heavy atom. The van der Waals surface area contributed by atoms with Gasteiger partial charge in [0.1, 0.15) is 0 Å². The summed E-state index contributed by atoms with van der Waals surface area (Å²) in [6, 6.07) is 0.686. The van der Waals surface area contributed by atoms with Crippen LogP contribution in [0.5, 0.6) is 0 Å². The number of hydrogen-bond donors (Lipinski definition) is 1. The topological polar surface area (TPSA) is 44.8 Å². The zero-order chi connectivity index (χ0) is 13.0. The number of hydrogen-bond acceptors (Lipinski definition) is 3. The number of amides is 2. The summed E-state index contributed by atoms with van der Waals surface area (Å²) in [4.78, 5) is 16.2. The van der Waals surface area contributed by atoms with Crippen molar-refractivity contribution >= 4 is 6.03 Å². The number of urea groups is 1. The number of carbonyl (C=O) groups is 1. The van der Waals surface area contributed by atoms with Crippen molar-refractivity contribution in [3.05, 3.63) is 0 Å². The molecule has 2 rings (SSSR count). The van der Waals surface area contributed by atoms with E-state index in [2.05, 4.69) is 24.1 Å². The average molecular weight is 255 g/mol. The van der Waals surface area contributed by atoms with Crippen molar-refractivity contribution in [2.45, 2.75) is 26.3 Å². The molecule has 0 aromatic carbocycles. The number of carbonyl (C=O) groups excluding carboxylic acids is 1. The highest BCUT2D eigenvalue weighted by molar-refractivity contribution is 5.74. The molecule has 5 heteroatoms. The van der Waals surface area contributed by atoms with Crippen LogP contribution in [0.3, 0.4) is 0 Å². The Balaban J connectivity index is 1.67. The Morgan fingerprint density at radius 1 is 1.33 bits per heavy atom. The molecule has 0 aliphatic carbocycles. The van der Waals surface area contributed by atoms with Crippen molar-refractivity contribution in [3.63, 3.8) is 0 Å².